The summed E-state index contributed by atoms with van der Waals surface area (Å²) in [4.78, 5) is 13.9. The second kappa shape index (κ2) is 6.93. The molecule has 0 bridgehead atoms. The molecule has 110 valence electrons. The van der Waals surface area contributed by atoms with Crippen molar-refractivity contribution in [2.45, 2.75) is 19.9 Å². The normalized spacial score (nSPS) is 10.2. The Labute approximate surface area is 126 Å². The average molecular weight is 283 g/mol. The van der Waals surface area contributed by atoms with Gasteiger partial charge in [-0.2, -0.15) is 0 Å². The molecule has 0 aliphatic heterocycles. The van der Waals surface area contributed by atoms with Crippen molar-refractivity contribution in [3.63, 3.8) is 0 Å². The zero-order chi connectivity index (χ0) is 15.2. The Kier molecular flexibility index (Phi) is 4.99. The summed E-state index contributed by atoms with van der Waals surface area (Å²) in [6.07, 6.45) is 1.04. The highest BCUT2D eigenvalue weighted by Crippen LogP contribution is 2.19. The maximum Gasteiger partial charge on any atom is 0.338 e. The molecule has 0 heterocycles. The van der Waals surface area contributed by atoms with Crippen molar-refractivity contribution in [3.05, 3.63) is 65.2 Å². The number of esters is 1. The predicted molar refractivity (Wildman–Crippen MR) is 85.7 cm³/mol. The highest BCUT2D eigenvalue weighted by Gasteiger charge is 2.12. The maximum atomic E-state index is 11.8. The number of ether oxygens (including phenoxy) is 1. The zero-order valence-corrected chi connectivity index (χ0v) is 12.8. The minimum Gasteiger partial charge on any atom is -0.465 e. The topological polar surface area (TPSA) is 29.5 Å². The van der Waals surface area contributed by atoms with E-state index in [0.29, 0.717) is 12.1 Å². The third kappa shape index (κ3) is 3.63. The van der Waals surface area contributed by atoms with Crippen LogP contribution in [0.2, 0.25) is 0 Å². The van der Waals surface area contributed by atoms with Crippen LogP contribution < -0.4 is 4.90 Å². The Morgan fingerprint density at radius 3 is 2.38 bits per heavy atom. The van der Waals surface area contributed by atoms with Gasteiger partial charge in [0.05, 0.1) is 12.7 Å². The summed E-state index contributed by atoms with van der Waals surface area (Å²) in [5, 5.41) is 0. The van der Waals surface area contributed by atoms with Gasteiger partial charge in [0.25, 0.3) is 0 Å². The van der Waals surface area contributed by atoms with E-state index >= 15 is 0 Å². The van der Waals surface area contributed by atoms with Crippen molar-refractivity contribution in [2.24, 2.45) is 0 Å². The minimum absolute atomic E-state index is 0.291. The van der Waals surface area contributed by atoms with Gasteiger partial charge in [0.1, 0.15) is 0 Å². The number of carbonyl (C=O) groups is 1. The Bertz CT molecular complexity index is 605. The van der Waals surface area contributed by atoms with E-state index < -0.39 is 0 Å². The third-order valence-corrected chi connectivity index (χ3v) is 3.62. The van der Waals surface area contributed by atoms with E-state index in [1.807, 2.05) is 25.2 Å². The van der Waals surface area contributed by atoms with Crippen molar-refractivity contribution in [2.75, 3.05) is 19.1 Å². The van der Waals surface area contributed by atoms with Gasteiger partial charge in [0, 0.05) is 19.3 Å². The molecule has 0 aliphatic rings. The summed E-state index contributed by atoms with van der Waals surface area (Å²) in [6.45, 7) is 2.81. The molecule has 21 heavy (non-hydrogen) atoms. The third-order valence-electron chi connectivity index (χ3n) is 3.62. The summed E-state index contributed by atoms with van der Waals surface area (Å²) in [7, 11) is 3.43. The number of nitrogens with zero attached hydrogens (tertiary/aromatic N) is 1. The molecule has 0 aliphatic carbocycles. The molecule has 0 atom stereocenters. The van der Waals surface area contributed by atoms with Crippen LogP contribution in [-0.2, 0) is 17.7 Å². The monoisotopic (exact) mass is 283 g/mol. The number of methoxy groups -OCH3 is 1. The lowest BCUT2D eigenvalue weighted by Gasteiger charge is -2.21. The van der Waals surface area contributed by atoms with E-state index in [0.717, 1.165) is 17.7 Å². The standard InChI is InChI=1S/C18H21NO2/c1-4-14-9-11-16(12-10-14)19(2)13-15-7-5-6-8-17(15)18(20)21-3/h5-12H,4,13H2,1-3H3. The van der Waals surface area contributed by atoms with Gasteiger partial charge in [-0.25, -0.2) is 4.79 Å². The van der Waals surface area contributed by atoms with Gasteiger partial charge in [0.2, 0.25) is 0 Å². The molecule has 0 amide bonds. The first-order chi connectivity index (χ1) is 10.2. The van der Waals surface area contributed by atoms with E-state index in [9.17, 15) is 4.79 Å². The van der Waals surface area contributed by atoms with Crippen LogP contribution in [0.15, 0.2) is 48.5 Å². The van der Waals surface area contributed by atoms with Gasteiger partial charge in [0.15, 0.2) is 0 Å². The molecule has 2 aromatic carbocycles. The molecule has 2 rings (SSSR count). The molecule has 0 radical (unpaired) electrons. The molecule has 0 N–H and O–H groups in total. The smallest absolute Gasteiger partial charge is 0.338 e. The van der Waals surface area contributed by atoms with Gasteiger partial charge >= 0.3 is 5.97 Å². The Morgan fingerprint density at radius 2 is 1.76 bits per heavy atom. The number of aryl methyl sites for hydroxylation is 1. The van der Waals surface area contributed by atoms with Crippen molar-refractivity contribution in [1.82, 2.24) is 0 Å². The maximum absolute atomic E-state index is 11.8. The predicted octanol–water partition coefficient (Wildman–Crippen LogP) is 3.67. The summed E-state index contributed by atoms with van der Waals surface area (Å²) in [6, 6.07) is 16.1. The van der Waals surface area contributed by atoms with E-state index in [4.69, 9.17) is 4.74 Å². The van der Waals surface area contributed by atoms with Crippen LogP contribution in [0, 0.1) is 0 Å². The highest BCUT2D eigenvalue weighted by molar-refractivity contribution is 5.91. The quantitative estimate of drug-likeness (QED) is 0.784. The van der Waals surface area contributed by atoms with Gasteiger partial charge in [-0.05, 0) is 35.7 Å². The fraction of sp³-hybridized carbons (Fsp3) is 0.278. The van der Waals surface area contributed by atoms with E-state index in [1.54, 1.807) is 6.07 Å². The first-order valence-electron chi connectivity index (χ1n) is 7.12. The Morgan fingerprint density at radius 1 is 1.10 bits per heavy atom. The SMILES string of the molecule is CCc1ccc(N(C)Cc2ccccc2C(=O)OC)cc1. The lowest BCUT2D eigenvalue weighted by molar-refractivity contribution is 0.0599. The average Bonchev–Trinajstić information content (AvgIpc) is 2.54. The van der Waals surface area contributed by atoms with Crippen LogP contribution in [0.5, 0.6) is 0 Å². The van der Waals surface area contributed by atoms with E-state index in [1.165, 1.54) is 12.7 Å². The highest BCUT2D eigenvalue weighted by atomic mass is 16.5. The lowest BCUT2D eigenvalue weighted by Crippen LogP contribution is -2.18. The van der Waals surface area contributed by atoms with Gasteiger partial charge in [-0.1, -0.05) is 37.3 Å². The molecule has 2 aromatic rings. The summed E-state index contributed by atoms with van der Waals surface area (Å²) < 4.78 is 4.84. The Balaban J connectivity index is 2.19. The molecule has 0 unspecified atom stereocenters. The number of rotatable bonds is 5. The molecule has 0 saturated carbocycles. The number of anilines is 1. The molecule has 0 aromatic heterocycles. The lowest BCUT2D eigenvalue weighted by atomic mass is 10.1. The van der Waals surface area contributed by atoms with Crippen LogP contribution in [-0.4, -0.2) is 20.1 Å². The van der Waals surface area contributed by atoms with Crippen molar-refractivity contribution < 1.29 is 9.53 Å². The molecule has 0 saturated heterocycles. The summed E-state index contributed by atoms with van der Waals surface area (Å²) >= 11 is 0. The van der Waals surface area contributed by atoms with Crippen LogP contribution >= 0.6 is 0 Å². The van der Waals surface area contributed by atoms with Crippen molar-refractivity contribution in [1.29, 1.82) is 0 Å². The molecule has 3 heteroatoms. The summed E-state index contributed by atoms with van der Waals surface area (Å²) in [5.74, 6) is -0.291. The van der Waals surface area contributed by atoms with Crippen LogP contribution in [0.1, 0.15) is 28.4 Å². The molecular weight excluding hydrogens is 262 g/mol. The minimum atomic E-state index is -0.291. The largest absolute Gasteiger partial charge is 0.465 e. The van der Waals surface area contributed by atoms with E-state index in [2.05, 4.69) is 36.1 Å². The number of benzene rings is 2. The fourth-order valence-corrected chi connectivity index (χ4v) is 2.30. The van der Waals surface area contributed by atoms with Crippen LogP contribution in [0.25, 0.3) is 0 Å². The second-order valence-corrected chi connectivity index (χ2v) is 5.02. The molecular formula is C18H21NO2. The number of carbonyl (C=O) groups excluding carboxylic acids is 1. The molecule has 0 spiro atoms. The summed E-state index contributed by atoms with van der Waals surface area (Å²) in [5.41, 5.74) is 4.04. The fourth-order valence-electron chi connectivity index (χ4n) is 2.30. The first kappa shape index (κ1) is 15.1. The first-order valence-corrected chi connectivity index (χ1v) is 7.12. The molecule has 3 nitrogen and oxygen atoms in total. The van der Waals surface area contributed by atoms with E-state index in [-0.39, 0.29) is 5.97 Å². The molecule has 0 fully saturated rings. The van der Waals surface area contributed by atoms with Crippen molar-refractivity contribution >= 4 is 11.7 Å². The van der Waals surface area contributed by atoms with Crippen molar-refractivity contribution in [3.8, 4) is 0 Å². The van der Waals surface area contributed by atoms with Crippen LogP contribution in [0.4, 0.5) is 5.69 Å². The van der Waals surface area contributed by atoms with Crippen LogP contribution in [0.3, 0.4) is 0 Å². The van der Waals surface area contributed by atoms with Gasteiger partial charge in [-0.15, -0.1) is 0 Å². The number of hydrogen-bond acceptors (Lipinski definition) is 3. The second-order valence-electron chi connectivity index (χ2n) is 5.02. The zero-order valence-electron chi connectivity index (χ0n) is 12.8. The van der Waals surface area contributed by atoms with Gasteiger partial charge < -0.3 is 9.64 Å². The number of hydrogen-bond donors (Lipinski definition) is 0. The Hall–Kier alpha value is -2.29. The van der Waals surface area contributed by atoms with Gasteiger partial charge in [-0.3, -0.25) is 0 Å².